The van der Waals surface area contributed by atoms with Crippen LogP contribution in [0, 0.1) is 5.92 Å². The SMILES string of the molecule is COc1ccc(-c2cn3cc(C(=O)N(C)CC(C)C)nc3c(=O)n2C)cc1. The van der Waals surface area contributed by atoms with Crippen molar-refractivity contribution < 1.29 is 9.53 Å². The molecule has 142 valence electrons. The van der Waals surface area contributed by atoms with Crippen LogP contribution >= 0.6 is 0 Å². The summed E-state index contributed by atoms with van der Waals surface area (Å²) in [7, 11) is 5.05. The number of hydrogen-bond donors (Lipinski definition) is 0. The molecule has 3 aromatic rings. The Kier molecular flexibility index (Phi) is 5.03. The molecule has 1 aromatic carbocycles. The van der Waals surface area contributed by atoms with E-state index in [9.17, 15) is 9.59 Å². The first-order valence-electron chi connectivity index (χ1n) is 8.80. The third kappa shape index (κ3) is 3.58. The van der Waals surface area contributed by atoms with Crippen molar-refractivity contribution in [2.75, 3.05) is 20.7 Å². The van der Waals surface area contributed by atoms with Crippen LogP contribution in [0.25, 0.3) is 16.9 Å². The Bertz CT molecular complexity index is 1030. The predicted molar refractivity (Wildman–Crippen MR) is 104 cm³/mol. The number of hydrogen-bond acceptors (Lipinski definition) is 4. The van der Waals surface area contributed by atoms with Crippen molar-refractivity contribution in [3.05, 3.63) is 52.7 Å². The van der Waals surface area contributed by atoms with Gasteiger partial charge >= 0.3 is 0 Å². The molecule has 0 saturated carbocycles. The van der Waals surface area contributed by atoms with Gasteiger partial charge < -0.3 is 14.2 Å². The number of amides is 1. The molecule has 27 heavy (non-hydrogen) atoms. The fourth-order valence-electron chi connectivity index (χ4n) is 3.09. The van der Waals surface area contributed by atoms with Gasteiger partial charge in [0.1, 0.15) is 11.4 Å². The number of nitrogens with zero attached hydrogens (tertiary/aromatic N) is 4. The molecule has 0 unspecified atom stereocenters. The second kappa shape index (κ2) is 7.26. The summed E-state index contributed by atoms with van der Waals surface area (Å²) in [5, 5.41) is 0. The van der Waals surface area contributed by atoms with Gasteiger partial charge in [-0.1, -0.05) is 13.8 Å². The summed E-state index contributed by atoms with van der Waals surface area (Å²) in [6, 6.07) is 7.46. The topological polar surface area (TPSA) is 68.8 Å². The van der Waals surface area contributed by atoms with Crippen LogP contribution in [0.5, 0.6) is 5.75 Å². The molecule has 3 rings (SSSR count). The number of aromatic nitrogens is 3. The summed E-state index contributed by atoms with van der Waals surface area (Å²) in [4.78, 5) is 31.3. The molecule has 7 nitrogen and oxygen atoms in total. The summed E-state index contributed by atoms with van der Waals surface area (Å²) < 4.78 is 8.34. The van der Waals surface area contributed by atoms with E-state index in [-0.39, 0.29) is 22.8 Å². The van der Waals surface area contributed by atoms with E-state index in [1.807, 2.05) is 44.3 Å². The molecular weight excluding hydrogens is 344 g/mol. The first kappa shape index (κ1) is 18.7. The fourth-order valence-corrected chi connectivity index (χ4v) is 3.09. The zero-order valence-corrected chi connectivity index (χ0v) is 16.3. The summed E-state index contributed by atoms with van der Waals surface area (Å²) >= 11 is 0. The third-order valence-corrected chi connectivity index (χ3v) is 4.44. The van der Waals surface area contributed by atoms with Gasteiger partial charge in [0.05, 0.1) is 12.8 Å². The number of fused-ring (bicyclic) bond motifs is 1. The average Bonchev–Trinajstić information content (AvgIpc) is 3.08. The monoisotopic (exact) mass is 368 g/mol. The summed E-state index contributed by atoms with van der Waals surface area (Å²) in [5.41, 5.74) is 1.84. The normalized spacial score (nSPS) is 11.2. The minimum atomic E-state index is -0.256. The van der Waals surface area contributed by atoms with E-state index >= 15 is 0 Å². The van der Waals surface area contributed by atoms with Crippen LogP contribution in [0.3, 0.4) is 0 Å². The molecule has 2 heterocycles. The molecule has 0 aliphatic heterocycles. The average molecular weight is 368 g/mol. The van der Waals surface area contributed by atoms with E-state index in [0.29, 0.717) is 12.5 Å². The van der Waals surface area contributed by atoms with Crippen molar-refractivity contribution in [3.63, 3.8) is 0 Å². The zero-order chi connectivity index (χ0) is 19.7. The van der Waals surface area contributed by atoms with E-state index in [1.54, 1.807) is 36.7 Å². The van der Waals surface area contributed by atoms with Gasteiger partial charge in [-0.25, -0.2) is 4.98 Å². The molecule has 2 aromatic heterocycles. The number of methoxy groups -OCH3 is 1. The maximum Gasteiger partial charge on any atom is 0.294 e. The fraction of sp³-hybridized carbons (Fsp3) is 0.350. The summed E-state index contributed by atoms with van der Waals surface area (Å²) in [6.45, 7) is 4.72. The Morgan fingerprint density at radius 2 is 1.89 bits per heavy atom. The van der Waals surface area contributed by atoms with E-state index in [1.165, 1.54) is 4.57 Å². The first-order chi connectivity index (χ1) is 12.8. The Morgan fingerprint density at radius 1 is 1.22 bits per heavy atom. The van der Waals surface area contributed by atoms with Crippen molar-refractivity contribution in [3.8, 4) is 17.0 Å². The van der Waals surface area contributed by atoms with E-state index < -0.39 is 0 Å². The highest BCUT2D eigenvalue weighted by molar-refractivity contribution is 5.92. The van der Waals surface area contributed by atoms with E-state index in [2.05, 4.69) is 4.98 Å². The lowest BCUT2D eigenvalue weighted by Gasteiger charge is -2.17. The number of carbonyl (C=O) groups excluding carboxylic acids is 1. The lowest BCUT2D eigenvalue weighted by Crippen LogP contribution is -2.30. The van der Waals surface area contributed by atoms with Gasteiger partial charge in [0.2, 0.25) is 5.65 Å². The Hall–Kier alpha value is -3.09. The number of ether oxygens (including phenoxy) is 1. The molecule has 7 heteroatoms. The second-order valence-corrected chi connectivity index (χ2v) is 7.04. The largest absolute Gasteiger partial charge is 0.497 e. The molecule has 0 saturated heterocycles. The van der Waals surface area contributed by atoms with Crippen molar-refractivity contribution in [2.45, 2.75) is 13.8 Å². The van der Waals surface area contributed by atoms with Crippen LogP contribution in [0.1, 0.15) is 24.3 Å². The second-order valence-electron chi connectivity index (χ2n) is 7.04. The van der Waals surface area contributed by atoms with Gasteiger partial charge in [-0.05, 0) is 30.2 Å². The van der Waals surface area contributed by atoms with Crippen molar-refractivity contribution in [1.29, 1.82) is 0 Å². The van der Waals surface area contributed by atoms with Crippen molar-refractivity contribution in [2.24, 2.45) is 13.0 Å². The molecule has 0 atom stereocenters. The van der Waals surface area contributed by atoms with Crippen LogP contribution in [-0.4, -0.2) is 45.5 Å². The highest BCUT2D eigenvalue weighted by Crippen LogP contribution is 2.21. The summed E-state index contributed by atoms with van der Waals surface area (Å²) in [5.74, 6) is 0.902. The number of benzene rings is 1. The standard InChI is InChI=1S/C20H24N4O3/c1-13(2)10-22(3)19(25)16-11-24-12-17(23(4)20(26)18(24)21-16)14-6-8-15(27-5)9-7-14/h6-9,11-13H,10H2,1-5H3. The summed E-state index contributed by atoms with van der Waals surface area (Å²) in [6.07, 6.45) is 3.42. The number of rotatable bonds is 5. The van der Waals surface area contributed by atoms with Gasteiger partial charge in [-0.15, -0.1) is 0 Å². The van der Waals surface area contributed by atoms with Crippen molar-refractivity contribution in [1.82, 2.24) is 18.9 Å². The van der Waals surface area contributed by atoms with Crippen LogP contribution in [-0.2, 0) is 7.05 Å². The van der Waals surface area contributed by atoms with Gasteiger partial charge in [0.15, 0.2) is 0 Å². The first-order valence-corrected chi connectivity index (χ1v) is 8.80. The molecule has 0 radical (unpaired) electrons. The van der Waals surface area contributed by atoms with Crippen LogP contribution in [0.4, 0.5) is 0 Å². The molecule has 0 aliphatic rings. The van der Waals surface area contributed by atoms with Crippen LogP contribution in [0.15, 0.2) is 41.5 Å². The van der Waals surface area contributed by atoms with Gasteiger partial charge in [-0.2, -0.15) is 0 Å². The molecule has 0 spiro atoms. The zero-order valence-electron chi connectivity index (χ0n) is 16.3. The minimum Gasteiger partial charge on any atom is -0.497 e. The maximum absolute atomic E-state index is 12.8. The lowest BCUT2D eigenvalue weighted by atomic mass is 10.1. The van der Waals surface area contributed by atoms with Gasteiger partial charge in [0.25, 0.3) is 11.5 Å². The lowest BCUT2D eigenvalue weighted by molar-refractivity contribution is 0.0774. The highest BCUT2D eigenvalue weighted by atomic mass is 16.5. The van der Waals surface area contributed by atoms with Crippen LogP contribution < -0.4 is 10.3 Å². The highest BCUT2D eigenvalue weighted by Gasteiger charge is 2.19. The minimum absolute atomic E-state index is 0.194. The molecule has 0 fully saturated rings. The smallest absolute Gasteiger partial charge is 0.294 e. The molecule has 0 bridgehead atoms. The molecular formula is C20H24N4O3. The van der Waals surface area contributed by atoms with Crippen molar-refractivity contribution >= 4 is 11.6 Å². The third-order valence-electron chi connectivity index (χ3n) is 4.44. The van der Waals surface area contributed by atoms with Gasteiger partial charge in [-0.3, -0.25) is 14.0 Å². The number of carbonyl (C=O) groups is 1. The van der Waals surface area contributed by atoms with E-state index in [0.717, 1.165) is 17.0 Å². The quantitative estimate of drug-likeness (QED) is 0.694. The number of imidazole rings is 1. The predicted octanol–water partition coefficient (Wildman–Crippen LogP) is 2.44. The maximum atomic E-state index is 12.8. The van der Waals surface area contributed by atoms with E-state index in [4.69, 9.17) is 4.74 Å². The molecule has 1 amide bonds. The van der Waals surface area contributed by atoms with Gasteiger partial charge in [0, 0.05) is 38.6 Å². The molecule has 0 aliphatic carbocycles. The Morgan fingerprint density at radius 3 is 2.48 bits per heavy atom. The molecule has 0 N–H and O–H groups in total. The Balaban J connectivity index is 2.05. The van der Waals surface area contributed by atoms with Crippen LogP contribution in [0.2, 0.25) is 0 Å². The Labute approximate surface area is 157 Å².